The lowest BCUT2D eigenvalue weighted by Gasteiger charge is -2.06. The number of ether oxygens (including phenoxy) is 1. The molecule has 2 aromatic carbocycles. The molecule has 0 spiro atoms. The summed E-state index contributed by atoms with van der Waals surface area (Å²) in [6.07, 6.45) is 0. The molecule has 0 radical (unpaired) electrons. The number of rotatable bonds is 2. The van der Waals surface area contributed by atoms with Crippen molar-refractivity contribution in [2.45, 2.75) is 27.7 Å². The summed E-state index contributed by atoms with van der Waals surface area (Å²) >= 11 is 0. The molecule has 0 saturated heterocycles. The molecule has 0 atom stereocenters. The predicted molar refractivity (Wildman–Crippen MR) is 79.1 cm³/mol. The van der Waals surface area contributed by atoms with E-state index in [1.54, 1.807) is 0 Å². The zero-order valence-electron chi connectivity index (χ0n) is 11.8. The molecule has 0 saturated carbocycles. The largest absolute Gasteiger partial charge is 0.493 e. The first kappa shape index (κ1) is 12.1. The van der Waals surface area contributed by atoms with Gasteiger partial charge in [0.15, 0.2) is 0 Å². The Balaban J connectivity index is 2.39. The molecule has 1 aromatic heterocycles. The van der Waals surface area contributed by atoms with Gasteiger partial charge in [0.25, 0.3) is 0 Å². The molecule has 0 aliphatic rings. The van der Waals surface area contributed by atoms with Gasteiger partial charge < -0.3 is 9.15 Å². The number of furan rings is 1. The van der Waals surface area contributed by atoms with E-state index in [0.29, 0.717) is 6.61 Å². The highest BCUT2D eigenvalue weighted by atomic mass is 16.5. The Morgan fingerprint density at radius 2 is 1.53 bits per heavy atom. The van der Waals surface area contributed by atoms with Gasteiger partial charge in [-0.05, 0) is 51.0 Å². The van der Waals surface area contributed by atoms with Crippen LogP contribution in [0.4, 0.5) is 0 Å². The fourth-order valence-corrected chi connectivity index (χ4v) is 2.56. The second-order valence-corrected chi connectivity index (χ2v) is 4.98. The summed E-state index contributed by atoms with van der Waals surface area (Å²) in [6.45, 7) is 8.94. The molecule has 0 N–H and O–H groups in total. The highest BCUT2D eigenvalue weighted by Gasteiger charge is 2.14. The van der Waals surface area contributed by atoms with Crippen LogP contribution in [0.2, 0.25) is 0 Å². The molecule has 2 nitrogen and oxygen atoms in total. The van der Waals surface area contributed by atoms with Crippen LogP contribution in [0.5, 0.6) is 5.75 Å². The zero-order chi connectivity index (χ0) is 13.6. The monoisotopic (exact) mass is 254 g/mol. The molecule has 3 aromatic rings. The molecule has 0 unspecified atom stereocenters. The van der Waals surface area contributed by atoms with Crippen LogP contribution in [0.1, 0.15) is 23.6 Å². The average Bonchev–Trinajstić information content (AvgIpc) is 2.78. The van der Waals surface area contributed by atoms with Gasteiger partial charge in [-0.3, -0.25) is 0 Å². The Morgan fingerprint density at radius 3 is 2.21 bits per heavy atom. The highest BCUT2D eigenvalue weighted by molar-refractivity contribution is 6.07. The van der Waals surface area contributed by atoms with Crippen LogP contribution in [0.25, 0.3) is 21.9 Å². The van der Waals surface area contributed by atoms with Crippen molar-refractivity contribution in [3.8, 4) is 5.75 Å². The third-order valence-electron chi connectivity index (χ3n) is 3.83. The van der Waals surface area contributed by atoms with Crippen LogP contribution in [0.15, 0.2) is 28.7 Å². The maximum atomic E-state index is 6.10. The Morgan fingerprint density at radius 1 is 0.895 bits per heavy atom. The minimum absolute atomic E-state index is 0.671. The van der Waals surface area contributed by atoms with Gasteiger partial charge in [-0.1, -0.05) is 12.1 Å². The normalized spacial score (nSPS) is 11.4. The van der Waals surface area contributed by atoms with Gasteiger partial charge in [-0.25, -0.2) is 0 Å². The first-order chi connectivity index (χ1) is 9.13. The SMILES string of the molecule is CCOc1ccc2c(oc3c(C)c(C)ccc32)c1C. The van der Waals surface area contributed by atoms with E-state index in [1.807, 2.05) is 13.0 Å². The van der Waals surface area contributed by atoms with Crippen molar-refractivity contribution < 1.29 is 9.15 Å². The fourth-order valence-electron chi connectivity index (χ4n) is 2.56. The van der Waals surface area contributed by atoms with Crippen LogP contribution in [0, 0.1) is 20.8 Å². The van der Waals surface area contributed by atoms with E-state index in [9.17, 15) is 0 Å². The number of hydrogen-bond acceptors (Lipinski definition) is 2. The quantitative estimate of drug-likeness (QED) is 0.648. The summed E-state index contributed by atoms with van der Waals surface area (Å²) in [5.41, 5.74) is 5.48. The van der Waals surface area contributed by atoms with E-state index >= 15 is 0 Å². The molecule has 0 bridgehead atoms. The van der Waals surface area contributed by atoms with E-state index < -0.39 is 0 Å². The third-order valence-corrected chi connectivity index (χ3v) is 3.83. The summed E-state index contributed by atoms with van der Waals surface area (Å²) in [5, 5.41) is 2.35. The van der Waals surface area contributed by atoms with Gasteiger partial charge >= 0.3 is 0 Å². The van der Waals surface area contributed by atoms with Crippen LogP contribution >= 0.6 is 0 Å². The van der Waals surface area contributed by atoms with Crippen molar-refractivity contribution in [2.24, 2.45) is 0 Å². The minimum Gasteiger partial charge on any atom is -0.493 e. The fraction of sp³-hybridized carbons (Fsp3) is 0.294. The van der Waals surface area contributed by atoms with E-state index in [2.05, 4.69) is 39.0 Å². The molecule has 0 fully saturated rings. The number of fused-ring (bicyclic) bond motifs is 3. The summed E-state index contributed by atoms with van der Waals surface area (Å²) in [4.78, 5) is 0. The number of aryl methyl sites for hydroxylation is 3. The average molecular weight is 254 g/mol. The Kier molecular flexibility index (Phi) is 2.74. The van der Waals surface area contributed by atoms with E-state index in [4.69, 9.17) is 9.15 Å². The van der Waals surface area contributed by atoms with Crippen LogP contribution in [-0.2, 0) is 0 Å². The molecule has 98 valence electrons. The molecule has 1 heterocycles. The predicted octanol–water partition coefficient (Wildman–Crippen LogP) is 4.91. The van der Waals surface area contributed by atoms with E-state index in [1.165, 1.54) is 21.9 Å². The lowest BCUT2D eigenvalue weighted by Crippen LogP contribution is -1.93. The zero-order valence-corrected chi connectivity index (χ0v) is 11.8. The molecule has 0 amide bonds. The molecule has 3 rings (SSSR count). The topological polar surface area (TPSA) is 22.4 Å². The number of hydrogen-bond donors (Lipinski definition) is 0. The van der Waals surface area contributed by atoms with Gasteiger partial charge in [-0.2, -0.15) is 0 Å². The van der Waals surface area contributed by atoms with E-state index in [-0.39, 0.29) is 0 Å². The lowest BCUT2D eigenvalue weighted by molar-refractivity contribution is 0.338. The molecular weight excluding hydrogens is 236 g/mol. The minimum atomic E-state index is 0.671. The smallest absolute Gasteiger partial charge is 0.142 e. The second-order valence-electron chi connectivity index (χ2n) is 4.98. The van der Waals surface area contributed by atoms with Crippen molar-refractivity contribution in [1.29, 1.82) is 0 Å². The van der Waals surface area contributed by atoms with Crippen LogP contribution < -0.4 is 4.74 Å². The summed E-state index contributed by atoms with van der Waals surface area (Å²) in [7, 11) is 0. The summed E-state index contributed by atoms with van der Waals surface area (Å²) in [6, 6.07) is 8.42. The molecule has 2 heteroatoms. The van der Waals surface area contributed by atoms with E-state index in [0.717, 1.165) is 22.5 Å². The van der Waals surface area contributed by atoms with Gasteiger partial charge in [0.1, 0.15) is 16.9 Å². The Labute approximate surface area is 113 Å². The van der Waals surface area contributed by atoms with Crippen molar-refractivity contribution in [3.05, 3.63) is 41.0 Å². The van der Waals surface area contributed by atoms with Gasteiger partial charge in [0, 0.05) is 16.3 Å². The Hall–Kier alpha value is -1.96. The summed E-state index contributed by atoms with van der Waals surface area (Å²) in [5.74, 6) is 0.906. The van der Waals surface area contributed by atoms with Crippen LogP contribution in [0.3, 0.4) is 0 Å². The first-order valence-corrected chi connectivity index (χ1v) is 6.68. The number of benzene rings is 2. The molecule has 0 aliphatic carbocycles. The first-order valence-electron chi connectivity index (χ1n) is 6.68. The van der Waals surface area contributed by atoms with Gasteiger partial charge in [-0.15, -0.1) is 0 Å². The highest BCUT2D eigenvalue weighted by Crippen LogP contribution is 2.36. The van der Waals surface area contributed by atoms with Crippen molar-refractivity contribution >= 4 is 21.9 Å². The van der Waals surface area contributed by atoms with Gasteiger partial charge in [0.05, 0.1) is 6.61 Å². The van der Waals surface area contributed by atoms with Gasteiger partial charge in [0.2, 0.25) is 0 Å². The summed E-state index contributed by atoms with van der Waals surface area (Å²) < 4.78 is 11.7. The molecular formula is C17H18O2. The second kappa shape index (κ2) is 4.30. The Bertz CT molecular complexity index is 766. The van der Waals surface area contributed by atoms with Crippen LogP contribution in [-0.4, -0.2) is 6.61 Å². The van der Waals surface area contributed by atoms with Crippen molar-refractivity contribution in [1.82, 2.24) is 0 Å². The lowest BCUT2D eigenvalue weighted by atomic mass is 10.0. The molecule has 19 heavy (non-hydrogen) atoms. The van der Waals surface area contributed by atoms with Crippen molar-refractivity contribution in [3.63, 3.8) is 0 Å². The van der Waals surface area contributed by atoms with Crippen molar-refractivity contribution in [2.75, 3.05) is 6.61 Å². The maximum absolute atomic E-state index is 6.10. The standard InChI is InChI=1S/C17H18O2/c1-5-18-15-9-8-14-13-7-6-10(2)11(3)16(13)19-17(14)12(15)4/h6-9H,5H2,1-4H3. The maximum Gasteiger partial charge on any atom is 0.142 e. The third kappa shape index (κ3) is 1.71. The molecule has 0 aliphatic heterocycles.